The fourth-order valence-electron chi connectivity index (χ4n) is 2.68. The van der Waals surface area contributed by atoms with Crippen molar-refractivity contribution in [3.8, 4) is 0 Å². The molecule has 0 fully saturated rings. The number of nitrogens with one attached hydrogen (secondary N) is 3. The number of pyridine rings is 1. The number of carbonyl (C=O) groups excluding carboxylic acids is 2. The Morgan fingerprint density at radius 3 is 2.81 bits per heavy atom. The van der Waals surface area contributed by atoms with E-state index in [2.05, 4.69) is 30.3 Å². The molecule has 10 nitrogen and oxygen atoms in total. The summed E-state index contributed by atoms with van der Waals surface area (Å²) < 4.78 is 9.89. The number of aromatic nitrogens is 3. The number of amides is 1. The molecule has 162 valence electrons. The minimum absolute atomic E-state index is 0.160. The van der Waals surface area contributed by atoms with Gasteiger partial charge in [-0.15, -0.1) is 0 Å². The van der Waals surface area contributed by atoms with Crippen LogP contribution in [0.4, 0.5) is 11.6 Å². The van der Waals surface area contributed by atoms with Crippen LogP contribution in [0.2, 0.25) is 5.02 Å². The minimum Gasteiger partial charge on any atom is -0.465 e. The van der Waals surface area contributed by atoms with Crippen molar-refractivity contribution in [1.29, 1.82) is 0 Å². The highest BCUT2D eigenvalue weighted by Gasteiger charge is 2.16. The third-order valence-electron chi connectivity index (χ3n) is 4.21. The Balaban J connectivity index is 1.82. The first kappa shape index (κ1) is 22.2. The normalized spacial score (nSPS) is 10.7. The summed E-state index contributed by atoms with van der Waals surface area (Å²) in [5, 5.41) is 6.19. The van der Waals surface area contributed by atoms with Gasteiger partial charge in [0.1, 0.15) is 11.2 Å². The minimum atomic E-state index is -0.703. The molecule has 0 radical (unpaired) electrons. The number of hydrogen-bond donors (Lipinski definition) is 3. The van der Waals surface area contributed by atoms with Crippen LogP contribution in [-0.4, -0.2) is 53.7 Å². The number of halogens is 1. The summed E-state index contributed by atoms with van der Waals surface area (Å²) in [6.45, 7) is 3.51. The van der Waals surface area contributed by atoms with Gasteiger partial charge in [-0.3, -0.25) is 9.59 Å². The molecule has 3 N–H and O–H groups in total. The number of esters is 1. The van der Waals surface area contributed by atoms with Crippen LogP contribution in [0.25, 0.3) is 11.0 Å². The second-order valence-corrected chi connectivity index (χ2v) is 6.68. The molecule has 3 rings (SSSR count). The van der Waals surface area contributed by atoms with E-state index in [-0.39, 0.29) is 27.5 Å². The van der Waals surface area contributed by atoms with E-state index in [1.54, 1.807) is 0 Å². The van der Waals surface area contributed by atoms with E-state index in [1.165, 1.54) is 37.6 Å². The van der Waals surface area contributed by atoms with Gasteiger partial charge in [0, 0.05) is 24.7 Å². The van der Waals surface area contributed by atoms with Crippen molar-refractivity contribution < 1.29 is 19.1 Å². The average Bonchev–Trinajstić information content (AvgIpc) is 2.77. The second kappa shape index (κ2) is 10.0. The average molecular weight is 446 g/mol. The van der Waals surface area contributed by atoms with Crippen LogP contribution in [0, 0.1) is 0 Å². The van der Waals surface area contributed by atoms with E-state index in [4.69, 9.17) is 16.3 Å². The Morgan fingerprint density at radius 1 is 1.26 bits per heavy atom. The molecule has 0 saturated carbocycles. The smallest absolute Gasteiger partial charge is 0.337 e. The van der Waals surface area contributed by atoms with E-state index >= 15 is 0 Å². The molecule has 0 bridgehead atoms. The highest BCUT2D eigenvalue weighted by Crippen LogP contribution is 2.24. The SMILES string of the molecule is CCOCCNc1ncc2cc(C(=O)Nc3cc(C(=O)OC)ccc3Cl)c(=O)[nH]c2n1. The monoisotopic (exact) mass is 445 g/mol. The van der Waals surface area contributed by atoms with Crippen molar-refractivity contribution in [3.05, 3.63) is 57.0 Å². The van der Waals surface area contributed by atoms with Gasteiger partial charge in [-0.2, -0.15) is 4.98 Å². The summed E-state index contributed by atoms with van der Waals surface area (Å²) in [6.07, 6.45) is 1.49. The van der Waals surface area contributed by atoms with E-state index in [0.29, 0.717) is 31.1 Å². The number of benzene rings is 1. The fourth-order valence-corrected chi connectivity index (χ4v) is 2.85. The lowest BCUT2D eigenvalue weighted by Crippen LogP contribution is -2.23. The molecule has 0 spiro atoms. The number of hydrogen-bond acceptors (Lipinski definition) is 8. The van der Waals surface area contributed by atoms with Gasteiger partial charge in [0.05, 0.1) is 30.0 Å². The fraction of sp³-hybridized carbons (Fsp3) is 0.250. The quantitative estimate of drug-likeness (QED) is 0.355. The molecule has 0 atom stereocenters. The zero-order valence-corrected chi connectivity index (χ0v) is 17.6. The number of methoxy groups -OCH3 is 1. The number of anilines is 2. The number of rotatable bonds is 8. The topological polar surface area (TPSA) is 135 Å². The lowest BCUT2D eigenvalue weighted by molar-refractivity contribution is 0.0600. The molecule has 0 aliphatic rings. The van der Waals surface area contributed by atoms with Crippen LogP contribution in [0.1, 0.15) is 27.6 Å². The molecular formula is C20H20ClN5O5. The van der Waals surface area contributed by atoms with Crippen LogP contribution in [0.5, 0.6) is 0 Å². The van der Waals surface area contributed by atoms with Gasteiger partial charge < -0.3 is 25.1 Å². The molecule has 2 heterocycles. The van der Waals surface area contributed by atoms with Crippen LogP contribution < -0.4 is 16.2 Å². The molecule has 11 heteroatoms. The Morgan fingerprint density at radius 2 is 2.06 bits per heavy atom. The maximum atomic E-state index is 12.7. The summed E-state index contributed by atoms with van der Waals surface area (Å²) in [5.74, 6) is -0.962. The molecule has 1 aromatic carbocycles. The molecular weight excluding hydrogens is 426 g/mol. The predicted molar refractivity (Wildman–Crippen MR) is 116 cm³/mol. The molecule has 31 heavy (non-hydrogen) atoms. The molecule has 0 aliphatic carbocycles. The Bertz CT molecular complexity index is 1180. The highest BCUT2D eigenvalue weighted by atomic mass is 35.5. The summed E-state index contributed by atoms with van der Waals surface area (Å²) in [4.78, 5) is 47.8. The Hall–Kier alpha value is -3.50. The summed E-state index contributed by atoms with van der Waals surface area (Å²) in [6, 6.07) is 5.65. The first-order valence-corrected chi connectivity index (χ1v) is 9.71. The summed E-state index contributed by atoms with van der Waals surface area (Å²) in [5.41, 5.74) is -0.148. The van der Waals surface area contributed by atoms with Crippen LogP contribution >= 0.6 is 11.6 Å². The molecule has 0 unspecified atom stereocenters. The molecule has 2 aromatic heterocycles. The van der Waals surface area contributed by atoms with Crippen molar-refractivity contribution in [2.75, 3.05) is 37.5 Å². The van der Waals surface area contributed by atoms with Crippen LogP contribution in [0.15, 0.2) is 35.3 Å². The standard InChI is InChI=1S/C20H20ClN5O5/c1-3-31-7-6-22-20-23-10-12-8-13(18(28)25-16(12)26-20)17(27)24-15-9-11(19(29)30-2)4-5-14(15)21/h4-5,8-10H,3,6-7H2,1-2H3,(H,24,27)(H2,22,23,25,26,28). The first-order chi connectivity index (χ1) is 14.9. The molecule has 0 saturated heterocycles. The maximum absolute atomic E-state index is 12.7. The zero-order chi connectivity index (χ0) is 22.4. The third-order valence-corrected chi connectivity index (χ3v) is 4.54. The maximum Gasteiger partial charge on any atom is 0.337 e. The van der Waals surface area contributed by atoms with Crippen molar-refractivity contribution in [2.45, 2.75) is 6.92 Å². The number of nitrogens with zero attached hydrogens (tertiary/aromatic N) is 2. The van der Waals surface area contributed by atoms with Crippen molar-refractivity contribution in [1.82, 2.24) is 15.0 Å². The first-order valence-electron chi connectivity index (χ1n) is 9.33. The molecule has 0 aliphatic heterocycles. The summed E-state index contributed by atoms with van der Waals surface area (Å²) >= 11 is 6.10. The van der Waals surface area contributed by atoms with Crippen molar-refractivity contribution >= 4 is 46.1 Å². The van der Waals surface area contributed by atoms with E-state index < -0.39 is 17.4 Å². The molecule has 3 aromatic rings. The zero-order valence-electron chi connectivity index (χ0n) is 16.8. The van der Waals surface area contributed by atoms with E-state index in [9.17, 15) is 14.4 Å². The van der Waals surface area contributed by atoms with Gasteiger partial charge in [0.15, 0.2) is 0 Å². The third kappa shape index (κ3) is 5.36. The largest absolute Gasteiger partial charge is 0.465 e. The Labute approximate surface area is 181 Å². The molecule has 1 amide bonds. The number of fused-ring (bicyclic) bond motifs is 1. The lowest BCUT2D eigenvalue weighted by Gasteiger charge is -2.09. The lowest BCUT2D eigenvalue weighted by atomic mass is 10.1. The number of H-pyrrole nitrogens is 1. The highest BCUT2D eigenvalue weighted by molar-refractivity contribution is 6.34. The Kier molecular flexibility index (Phi) is 7.16. The predicted octanol–water partition coefficient (Wildman–Crippen LogP) is 2.46. The van der Waals surface area contributed by atoms with E-state index in [0.717, 1.165) is 0 Å². The van der Waals surface area contributed by atoms with Gasteiger partial charge in [0.25, 0.3) is 11.5 Å². The van der Waals surface area contributed by atoms with Crippen LogP contribution in [-0.2, 0) is 9.47 Å². The second-order valence-electron chi connectivity index (χ2n) is 6.27. The van der Waals surface area contributed by atoms with Crippen molar-refractivity contribution in [2.24, 2.45) is 0 Å². The van der Waals surface area contributed by atoms with Gasteiger partial charge in [0.2, 0.25) is 5.95 Å². The van der Waals surface area contributed by atoms with E-state index in [1.807, 2.05) is 6.92 Å². The summed E-state index contributed by atoms with van der Waals surface area (Å²) in [7, 11) is 1.24. The number of ether oxygens (including phenoxy) is 2. The number of aromatic amines is 1. The van der Waals surface area contributed by atoms with Gasteiger partial charge in [-0.1, -0.05) is 11.6 Å². The number of carbonyl (C=O) groups is 2. The van der Waals surface area contributed by atoms with Gasteiger partial charge >= 0.3 is 5.97 Å². The van der Waals surface area contributed by atoms with Crippen LogP contribution in [0.3, 0.4) is 0 Å². The van der Waals surface area contributed by atoms with Gasteiger partial charge in [-0.25, -0.2) is 9.78 Å². The van der Waals surface area contributed by atoms with Crippen molar-refractivity contribution in [3.63, 3.8) is 0 Å². The van der Waals surface area contributed by atoms with Gasteiger partial charge in [-0.05, 0) is 31.2 Å².